The van der Waals surface area contributed by atoms with Crippen LogP contribution in [0.2, 0.25) is 0 Å². The lowest BCUT2D eigenvalue weighted by Gasteiger charge is -2.36. The molecule has 1 atom stereocenters. The Hall–Kier alpha value is -1.04. The van der Waals surface area contributed by atoms with Crippen molar-refractivity contribution in [3.63, 3.8) is 0 Å². The predicted molar refractivity (Wildman–Crippen MR) is 71.3 cm³/mol. The molecular weight excluding hydrogens is 252 g/mol. The van der Waals surface area contributed by atoms with Gasteiger partial charge in [0.05, 0.1) is 0 Å². The molecule has 102 valence electrons. The molecule has 18 heavy (non-hydrogen) atoms. The maximum atomic E-state index is 12.2. The fourth-order valence-electron chi connectivity index (χ4n) is 1.84. The first kappa shape index (κ1) is 15.0. The third-order valence-electron chi connectivity index (χ3n) is 3.27. The molecule has 0 bridgehead atoms. The standard InChI is InChI=1S/C12H20N2O3S/c1-4-6-7-18-8-12(5-2)9(15)13-11(17)14(3)10(12)16/h4-8H2,1-3H3,(H,13,15,17). The molecule has 0 aromatic heterocycles. The zero-order valence-corrected chi connectivity index (χ0v) is 11.9. The van der Waals surface area contributed by atoms with Crippen LogP contribution in [0.5, 0.6) is 0 Å². The third kappa shape index (κ3) is 2.68. The number of amides is 4. The summed E-state index contributed by atoms with van der Waals surface area (Å²) in [6, 6.07) is -0.632. The number of barbiturate groups is 1. The molecule has 1 heterocycles. The van der Waals surface area contributed by atoms with Crippen LogP contribution in [0.25, 0.3) is 0 Å². The highest BCUT2D eigenvalue weighted by molar-refractivity contribution is 7.99. The van der Waals surface area contributed by atoms with Gasteiger partial charge in [-0.15, -0.1) is 0 Å². The van der Waals surface area contributed by atoms with Crippen LogP contribution in [-0.4, -0.2) is 41.3 Å². The Morgan fingerprint density at radius 3 is 2.50 bits per heavy atom. The quantitative estimate of drug-likeness (QED) is 0.589. The van der Waals surface area contributed by atoms with Crippen molar-refractivity contribution in [3.8, 4) is 0 Å². The van der Waals surface area contributed by atoms with Crippen molar-refractivity contribution >= 4 is 29.6 Å². The van der Waals surface area contributed by atoms with Crippen LogP contribution < -0.4 is 5.32 Å². The number of imide groups is 2. The number of hydrogen-bond acceptors (Lipinski definition) is 4. The average molecular weight is 272 g/mol. The van der Waals surface area contributed by atoms with Gasteiger partial charge in [0, 0.05) is 12.8 Å². The SMILES string of the molecule is CCCCSCC1(CC)C(=O)NC(=O)N(C)C1=O. The highest BCUT2D eigenvalue weighted by Crippen LogP contribution is 2.32. The van der Waals surface area contributed by atoms with Crippen LogP contribution in [-0.2, 0) is 9.59 Å². The van der Waals surface area contributed by atoms with Crippen LogP contribution in [0.1, 0.15) is 33.1 Å². The minimum Gasteiger partial charge on any atom is -0.277 e. The van der Waals surface area contributed by atoms with Crippen LogP contribution in [0.4, 0.5) is 4.79 Å². The first-order valence-corrected chi connectivity index (χ1v) is 7.36. The van der Waals surface area contributed by atoms with E-state index in [0.29, 0.717) is 12.2 Å². The van der Waals surface area contributed by atoms with E-state index in [4.69, 9.17) is 0 Å². The van der Waals surface area contributed by atoms with Gasteiger partial charge in [-0.2, -0.15) is 11.8 Å². The molecular formula is C12H20N2O3S. The van der Waals surface area contributed by atoms with Crippen molar-refractivity contribution in [1.82, 2.24) is 10.2 Å². The van der Waals surface area contributed by atoms with E-state index in [1.165, 1.54) is 7.05 Å². The number of nitrogens with zero attached hydrogens (tertiary/aromatic N) is 1. The van der Waals surface area contributed by atoms with Gasteiger partial charge in [-0.25, -0.2) is 4.79 Å². The normalized spacial score (nSPS) is 24.4. The molecule has 0 radical (unpaired) electrons. The lowest BCUT2D eigenvalue weighted by atomic mass is 9.83. The van der Waals surface area contributed by atoms with E-state index in [9.17, 15) is 14.4 Å². The molecule has 0 saturated carbocycles. The zero-order valence-electron chi connectivity index (χ0n) is 11.1. The van der Waals surface area contributed by atoms with Gasteiger partial charge in [0.2, 0.25) is 11.8 Å². The second-order valence-corrected chi connectivity index (χ2v) is 5.57. The summed E-state index contributed by atoms with van der Waals surface area (Å²) in [6.07, 6.45) is 2.56. The molecule has 0 aromatic carbocycles. The summed E-state index contributed by atoms with van der Waals surface area (Å²) < 4.78 is 0. The Bertz CT molecular complexity index is 359. The minimum absolute atomic E-state index is 0.386. The van der Waals surface area contributed by atoms with Gasteiger partial charge in [-0.1, -0.05) is 20.3 Å². The predicted octanol–water partition coefficient (Wildman–Crippen LogP) is 1.62. The number of carbonyl (C=O) groups is 3. The van der Waals surface area contributed by atoms with E-state index in [1.807, 2.05) is 6.92 Å². The summed E-state index contributed by atoms with van der Waals surface area (Å²) in [4.78, 5) is 36.5. The first-order chi connectivity index (χ1) is 8.49. The molecule has 6 heteroatoms. The average Bonchev–Trinajstić information content (AvgIpc) is 2.36. The molecule has 1 aliphatic rings. The molecule has 1 rings (SSSR count). The number of rotatable bonds is 6. The highest BCUT2D eigenvalue weighted by atomic mass is 32.2. The van der Waals surface area contributed by atoms with Gasteiger partial charge >= 0.3 is 6.03 Å². The number of carbonyl (C=O) groups excluding carboxylic acids is 3. The van der Waals surface area contributed by atoms with Gasteiger partial charge in [0.1, 0.15) is 5.41 Å². The Morgan fingerprint density at radius 2 is 1.94 bits per heavy atom. The van der Waals surface area contributed by atoms with Gasteiger partial charge < -0.3 is 0 Å². The van der Waals surface area contributed by atoms with Gasteiger partial charge in [0.15, 0.2) is 0 Å². The molecule has 5 nitrogen and oxygen atoms in total. The molecule has 1 N–H and O–H groups in total. The lowest BCUT2D eigenvalue weighted by molar-refractivity contribution is -0.149. The van der Waals surface area contributed by atoms with E-state index in [0.717, 1.165) is 23.5 Å². The van der Waals surface area contributed by atoms with E-state index >= 15 is 0 Å². The summed E-state index contributed by atoms with van der Waals surface area (Å²) in [5.41, 5.74) is -1.08. The minimum atomic E-state index is -1.08. The largest absolute Gasteiger partial charge is 0.330 e. The molecule has 0 aromatic rings. The van der Waals surface area contributed by atoms with E-state index in [1.54, 1.807) is 11.8 Å². The smallest absolute Gasteiger partial charge is 0.277 e. The number of hydrogen-bond donors (Lipinski definition) is 1. The first-order valence-electron chi connectivity index (χ1n) is 6.21. The highest BCUT2D eigenvalue weighted by Gasteiger charge is 2.51. The van der Waals surface area contributed by atoms with Crippen molar-refractivity contribution in [3.05, 3.63) is 0 Å². The van der Waals surface area contributed by atoms with Crippen molar-refractivity contribution in [1.29, 1.82) is 0 Å². The number of urea groups is 1. The maximum absolute atomic E-state index is 12.2. The Kier molecular flexibility index (Phi) is 5.19. The zero-order chi connectivity index (χ0) is 13.8. The summed E-state index contributed by atoms with van der Waals surface area (Å²) >= 11 is 1.60. The van der Waals surface area contributed by atoms with Gasteiger partial charge in [-0.3, -0.25) is 19.8 Å². The van der Waals surface area contributed by atoms with E-state index < -0.39 is 17.4 Å². The maximum Gasteiger partial charge on any atom is 0.330 e. The van der Waals surface area contributed by atoms with E-state index in [2.05, 4.69) is 12.2 Å². The molecule has 1 aliphatic heterocycles. The van der Waals surface area contributed by atoms with Crippen LogP contribution >= 0.6 is 11.8 Å². The van der Waals surface area contributed by atoms with Crippen molar-refractivity contribution < 1.29 is 14.4 Å². The number of thioether (sulfide) groups is 1. The summed E-state index contributed by atoms with van der Waals surface area (Å²) in [5.74, 6) is 0.521. The van der Waals surface area contributed by atoms with Crippen molar-refractivity contribution in [2.75, 3.05) is 18.6 Å². The summed E-state index contributed by atoms with van der Waals surface area (Å²) in [7, 11) is 1.41. The van der Waals surface area contributed by atoms with Gasteiger partial charge in [0.25, 0.3) is 0 Å². The molecule has 0 aliphatic carbocycles. The molecule has 4 amide bonds. The number of unbranched alkanes of at least 4 members (excludes halogenated alkanes) is 1. The fraction of sp³-hybridized carbons (Fsp3) is 0.750. The topological polar surface area (TPSA) is 66.5 Å². The monoisotopic (exact) mass is 272 g/mol. The molecule has 1 saturated heterocycles. The Balaban J connectivity index is 2.80. The van der Waals surface area contributed by atoms with Crippen LogP contribution in [0.3, 0.4) is 0 Å². The lowest BCUT2D eigenvalue weighted by Crippen LogP contribution is -2.63. The van der Waals surface area contributed by atoms with Crippen molar-refractivity contribution in [2.24, 2.45) is 5.41 Å². The van der Waals surface area contributed by atoms with Crippen molar-refractivity contribution in [2.45, 2.75) is 33.1 Å². The molecule has 0 spiro atoms. The summed E-state index contributed by atoms with van der Waals surface area (Å²) in [5, 5.41) is 2.26. The molecule has 1 unspecified atom stereocenters. The fourth-order valence-corrected chi connectivity index (χ4v) is 3.29. The van der Waals surface area contributed by atoms with Crippen LogP contribution in [0, 0.1) is 5.41 Å². The Morgan fingerprint density at radius 1 is 1.28 bits per heavy atom. The second-order valence-electron chi connectivity index (χ2n) is 4.47. The van der Waals surface area contributed by atoms with Gasteiger partial charge in [-0.05, 0) is 18.6 Å². The number of nitrogens with one attached hydrogen (secondary N) is 1. The van der Waals surface area contributed by atoms with Crippen LogP contribution in [0.15, 0.2) is 0 Å². The molecule has 1 fully saturated rings. The Labute approximate surface area is 112 Å². The third-order valence-corrected chi connectivity index (χ3v) is 4.54. The summed E-state index contributed by atoms with van der Waals surface area (Å²) in [6.45, 7) is 3.91. The van der Waals surface area contributed by atoms with E-state index in [-0.39, 0.29) is 5.91 Å². The second kappa shape index (κ2) is 6.22.